The molecule has 2 aliphatic carbocycles. The minimum Gasteiger partial charge on any atom is -0.496 e. The van der Waals surface area contributed by atoms with Gasteiger partial charge in [-0.3, -0.25) is 4.79 Å². The largest absolute Gasteiger partial charge is 0.496 e. The number of hydrogen-bond donors (Lipinski definition) is 1. The molecular weight excluding hydrogens is 671 g/mol. The number of aromatic nitrogens is 2. The van der Waals surface area contributed by atoms with E-state index in [0.29, 0.717) is 65.2 Å². The lowest BCUT2D eigenvalue weighted by atomic mass is 9.48. The van der Waals surface area contributed by atoms with Crippen molar-refractivity contribution in [1.29, 1.82) is 0 Å². The molecule has 8 heteroatoms. The van der Waals surface area contributed by atoms with Gasteiger partial charge < -0.3 is 19.2 Å². The number of ether oxygens (including phenoxy) is 3. The fraction of sp³-hybridized carbons (Fsp3) is 0.500. The number of nitrogens with zero attached hydrogens (tertiary/aromatic N) is 1. The van der Waals surface area contributed by atoms with Crippen LogP contribution < -0.4 is 9.47 Å². The highest BCUT2D eigenvalue weighted by atomic mass is 79.9. The van der Waals surface area contributed by atoms with Gasteiger partial charge in [0.1, 0.15) is 23.1 Å². The van der Waals surface area contributed by atoms with Gasteiger partial charge in [0, 0.05) is 18.6 Å². The van der Waals surface area contributed by atoms with Gasteiger partial charge >= 0.3 is 5.97 Å². The molecule has 1 N–H and O–H groups in total. The van der Waals surface area contributed by atoms with Crippen molar-refractivity contribution in [3.63, 3.8) is 0 Å². The SMILES string of the molecule is CCOC(=O)CCCOc1ccc(-c2nc3c(C[C@@]4(C)CCC[C@]5(C)c6ccc(C(C)C)cc6CC[C@@H]45)c(Br)c(F)cc3[nH]2)c(OC)c1. The Labute approximate surface area is 292 Å². The van der Waals surface area contributed by atoms with Crippen LogP contribution >= 0.6 is 15.9 Å². The first kappa shape index (κ1) is 34.5. The average Bonchev–Trinajstić information content (AvgIpc) is 3.48. The second-order valence-corrected chi connectivity index (χ2v) is 15.3. The lowest BCUT2D eigenvalue weighted by molar-refractivity contribution is -0.143. The lowest BCUT2D eigenvalue weighted by Crippen LogP contribution is -2.50. The van der Waals surface area contributed by atoms with E-state index in [9.17, 15) is 4.79 Å². The maximum Gasteiger partial charge on any atom is 0.305 e. The highest BCUT2D eigenvalue weighted by Crippen LogP contribution is 2.59. The Kier molecular flexibility index (Phi) is 9.95. The number of fused-ring (bicyclic) bond motifs is 4. The van der Waals surface area contributed by atoms with Crippen LogP contribution in [0.25, 0.3) is 22.4 Å². The van der Waals surface area contributed by atoms with Crippen LogP contribution in [-0.4, -0.2) is 36.3 Å². The Balaban J connectivity index is 1.29. The molecule has 0 amide bonds. The molecule has 48 heavy (non-hydrogen) atoms. The summed E-state index contributed by atoms with van der Waals surface area (Å²) in [5, 5.41) is 0. The predicted molar refractivity (Wildman–Crippen MR) is 192 cm³/mol. The summed E-state index contributed by atoms with van der Waals surface area (Å²) in [7, 11) is 1.61. The van der Waals surface area contributed by atoms with Gasteiger partial charge in [-0.2, -0.15) is 0 Å². The zero-order valence-corrected chi connectivity index (χ0v) is 30.7. The van der Waals surface area contributed by atoms with Crippen LogP contribution in [0.15, 0.2) is 46.9 Å². The molecule has 6 rings (SSSR count). The summed E-state index contributed by atoms with van der Waals surface area (Å²) in [5.74, 6) is 2.32. The lowest BCUT2D eigenvalue weighted by Gasteiger charge is -2.56. The van der Waals surface area contributed by atoms with Gasteiger partial charge in [0.15, 0.2) is 0 Å². The Morgan fingerprint density at radius 3 is 2.71 bits per heavy atom. The third kappa shape index (κ3) is 6.49. The number of esters is 1. The summed E-state index contributed by atoms with van der Waals surface area (Å²) < 4.78 is 32.7. The number of hydrogen-bond acceptors (Lipinski definition) is 5. The first-order valence-corrected chi connectivity index (χ1v) is 18.2. The Morgan fingerprint density at radius 1 is 1.15 bits per heavy atom. The molecule has 6 nitrogen and oxygen atoms in total. The van der Waals surface area contributed by atoms with E-state index in [0.717, 1.165) is 48.7 Å². The molecule has 1 heterocycles. The number of halogens is 2. The molecule has 0 spiro atoms. The fourth-order valence-corrected chi connectivity index (χ4v) is 9.11. The molecule has 0 unspecified atom stereocenters. The number of rotatable bonds is 11. The molecule has 1 saturated carbocycles. The number of H-pyrrole nitrogens is 1. The van der Waals surface area contributed by atoms with Crippen molar-refractivity contribution in [2.75, 3.05) is 20.3 Å². The number of imidazole rings is 1. The van der Waals surface area contributed by atoms with E-state index in [1.165, 1.54) is 29.2 Å². The summed E-state index contributed by atoms with van der Waals surface area (Å²) in [6, 6.07) is 14.3. The quantitative estimate of drug-likeness (QED) is 0.123. The number of carbonyl (C=O) groups is 1. The minimum absolute atomic E-state index is 0.0201. The van der Waals surface area contributed by atoms with E-state index in [1.54, 1.807) is 14.0 Å². The standard InChI is InChI=1S/C40H48BrFN2O4/c1-7-47-35(45)10-8-19-48-27-13-14-28(33(21-27)46-6)38-43-32-22-31(42)36(41)29(37(32)44-38)23-39(4)17-9-18-40(5)30-15-11-25(24(2)3)20-26(30)12-16-34(39)40/h11,13-15,20-22,24,34H,7-10,12,16-19,23H2,1-6H3,(H,43,44)/t34-,39+,40+/m0/s1. The number of methoxy groups -OCH3 is 1. The third-order valence-electron chi connectivity index (χ3n) is 11.0. The van der Waals surface area contributed by atoms with Crippen LogP contribution in [0.4, 0.5) is 4.39 Å². The fourth-order valence-electron chi connectivity index (χ4n) is 8.66. The van der Waals surface area contributed by atoms with Crippen molar-refractivity contribution in [1.82, 2.24) is 9.97 Å². The first-order chi connectivity index (χ1) is 23.0. The van der Waals surface area contributed by atoms with Crippen molar-refractivity contribution in [2.24, 2.45) is 11.3 Å². The van der Waals surface area contributed by atoms with Crippen LogP contribution in [0.2, 0.25) is 0 Å². The van der Waals surface area contributed by atoms with E-state index in [1.807, 2.05) is 18.2 Å². The normalized spacial score (nSPS) is 22.0. The van der Waals surface area contributed by atoms with E-state index in [-0.39, 0.29) is 22.6 Å². The minimum atomic E-state index is -0.288. The van der Waals surface area contributed by atoms with Crippen molar-refractivity contribution >= 4 is 32.9 Å². The van der Waals surface area contributed by atoms with Gasteiger partial charge in [0.2, 0.25) is 0 Å². The van der Waals surface area contributed by atoms with E-state index in [4.69, 9.17) is 19.2 Å². The smallest absolute Gasteiger partial charge is 0.305 e. The molecule has 1 fully saturated rings. The zero-order valence-electron chi connectivity index (χ0n) is 29.1. The van der Waals surface area contributed by atoms with Crippen LogP contribution in [-0.2, 0) is 27.8 Å². The number of aromatic amines is 1. The molecular formula is C40H48BrFN2O4. The molecule has 0 saturated heterocycles. The molecule has 1 aromatic heterocycles. The molecule has 0 radical (unpaired) electrons. The maximum absolute atomic E-state index is 15.6. The monoisotopic (exact) mass is 718 g/mol. The zero-order chi connectivity index (χ0) is 34.2. The van der Waals surface area contributed by atoms with E-state index < -0.39 is 0 Å². The van der Waals surface area contributed by atoms with Gasteiger partial charge in [-0.15, -0.1) is 0 Å². The van der Waals surface area contributed by atoms with Crippen molar-refractivity contribution in [3.8, 4) is 22.9 Å². The molecule has 2 aliphatic rings. The van der Waals surface area contributed by atoms with Crippen LogP contribution in [0.3, 0.4) is 0 Å². The van der Waals surface area contributed by atoms with Gasteiger partial charge in [0.05, 0.1) is 41.4 Å². The third-order valence-corrected chi connectivity index (χ3v) is 11.9. The molecule has 0 bridgehead atoms. The molecule has 0 aliphatic heterocycles. The van der Waals surface area contributed by atoms with Crippen molar-refractivity contribution in [2.45, 2.75) is 97.3 Å². The number of nitrogens with one attached hydrogen (secondary N) is 1. The van der Waals surface area contributed by atoms with Gasteiger partial charge in [-0.25, -0.2) is 9.37 Å². The maximum atomic E-state index is 15.6. The van der Waals surface area contributed by atoms with Gasteiger partial charge in [0.25, 0.3) is 0 Å². The predicted octanol–water partition coefficient (Wildman–Crippen LogP) is 10.2. The summed E-state index contributed by atoms with van der Waals surface area (Å²) in [5.41, 5.74) is 7.63. The summed E-state index contributed by atoms with van der Waals surface area (Å²) in [4.78, 5) is 20.1. The van der Waals surface area contributed by atoms with E-state index in [2.05, 4.69) is 66.8 Å². The Hall–Kier alpha value is -3.39. The summed E-state index contributed by atoms with van der Waals surface area (Å²) in [6.45, 7) is 12.0. The van der Waals surface area contributed by atoms with Crippen molar-refractivity contribution < 1.29 is 23.4 Å². The molecule has 3 atom stereocenters. The van der Waals surface area contributed by atoms with Gasteiger partial charge in [-0.05, 0) is 118 Å². The molecule has 3 aromatic carbocycles. The number of aryl methyl sites for hydroxylation is 1. The van der Waals surface area contributed by atoms with Crippen LogP contribution in [0, 0.1) is 17.2 Å². The topological polar surface area (TPSA) is 73.4 Å². The second kappa shape index (κ2) is 13.9. The second-order valence-electron chi connectivity index (χ2n) is 14.5. The van der Waals surface area contributed by atoms with Crippen LogP contribution in [0.5, 0.6) is 11.5 Å². The highest BCUT2D eigenvalue weighted by Gasteiger charge is 2.52. The number of carbonyl (C=O) groups excluding carboxylic acids is 1. The summed E-state index contributed by atoms with van der Waals surface area (Å²) >= 11 is 3.65. The molecule has 256 valence electrons. The first-order valence-electron chi connectivity index (χ1n) is 17.4. The Morgan fingerprint density at radius 2 is 1.96 bits per heavy atom. The summed E-state index contributed by atoms with van der Waals surface area (Å²) in [6.07, 6.45) is 7.25. The number of benzene rings is 3. The average molecular weight is 720 g/mol. The highest BCUT2D eigenvalue weighted by molar-refractivity contribution is 9.10. The Bertz CT molecular complexity index is 1820. The van der Waals surface area contributed by atoms with Crippen LogP contribution in [0.1, 0.15) is 101 Å². The van der Waals surface area contributed by atoms with E-state index >= 15 is 4.39 Å². The van der Waals surface area contributed by atoms with Gasteiger partial charge in [-0.1, -0.05) is 52.3 Å². The molecule has 4 aromatic rings. The van der Waals surface area contributed by atoms with Crippen molar-refractivity contribution in [3.05, 3.63) is 75.0 Å².